The summed E-state index contributed by atoms with van der Waals surface area (Å²) in [5.74, 6) is -6.22. The van der Waals surface area contributed by atoms with Gasteiger partial charge in [-0.25, -0.2) is 9.59 Å². The number of esters is 7. The second-order valence-corrected chi connectivity index (χ2v) is 12.0. The lowest BCUT2D eigenvalue weighted by atomic mass is 9.96. The molecular formula is C36H40O18. The van der Waals surface area contributed by atoms with Crippen LogP contribution in [-0.2, 0) is 71.3 Å². The first-order valence-electron chi connectivity index (χ1n) is 16.6. The summed E-state index contributed by atoms with van der Waals surface area (Å²) in [5, 5.41) is 11.2. The Bertz CT molecular complexity index is 1650. The van der Waals surface area contributed by atoms with Gasteiger partial charge in [0.05, 0.1) is 11.1 Å². The first-order valence-corrected chi connectivity index (χ1v) is 16.6. The molecule has 2 aliphatic rings. The summed E-state index contributed by atoms with van der Waals surface area (Å²) in [6.07, 6.45) is -17.1. The molecule has 0 unspecified atom stereocenters. The zero-order valence-electron chi connectivity index (χ0n) is 29.8. The minimum absolute atomic E-state index is 0.0363. The van der Waals surface area contributed by atoms with Gasteiger partial charge in [0.15, 0.2) is 43.1 Å². The van der Waals surface area contributed by atoms with Crippen molar-refractivity contribution >= 4 is 41.8 Å². The second-order valence-electron chi connectivity index (χ2n) is 12.0. The van der Waals surface area contributed by atoms with Crippen LogP contribution < -0.4 is 0 Å². The Hall–Kier alpha value is -5.43. The van der Waals surface area contributed by atoms with E-state index in [0.717, 1.165) is 34.6 Å². The molecule has 0 aliphatic carbocycles. The van der Waals surface area contributed by atoms with Crippen molar-refractivity contribution in [2.24, 2.45) is 0 Å². The summed E-state index contributed by atoms with van der Waals surface area (Å²) in [6, 6.07) is 15.2. The highest BCUT2D eigenvalue weighted by molar-refractivity contribution is 5.90. The van der Waals surface area contributed by atoms with Gasteiger partial charge < -0.3 is 52.5 Å². The van der Waals surface area contributed by atoms with Crippen molar-refractivity contribution in [3.63, 3.8) is 0 Å². The van der Waals surface area contributed by atoms with Crippen LogP contribution >= 0.6 is 0 Å². The zero-order valence-corrected chi connectivity index (χ0v) is 29.8. The molecule has 2 aromatic rings. The van der Waals surface area contributed by atoms with Gasteiger partial charge in [0.1, 0.15) is 31.5 Å². The van der Waals surface area contributed by atoms with Crippen molar-refractivity contribution in [3.8, 4) is 0 Å². The Morgan fingerprint density at radius 1 is 0.500 bits per heavy atom. The van der Waals surface area contributed by atoms with Crippen molar-refractivity contribution in [2.75, 3.05) is 13.2 Å². The smallest absolute Gasteiger partial charge is 0.338 e. The predicted molar refractivity (Wildman–Crippen MR) is 176 cm³/mol. The molecule has 0 radical (unpaired) electrons. The fraction of sp³-hybridized carbons (Fsp3) is 0.472. The Morgan fingerprint density at radius 3 is 1.37 bits per heavy atom. The molecule has 2 heterocycles. The zero-order chi connectivity index (χ0) is 39.5. The van der Waals surface area contributed by atoms with Crippen LogP contribution in [0.3, 0.4) is 0 Å². The fourth-order valence-electron chi connectivity index (χ4n) is 5.64. The number of rotatable bonds is 13. The Balaban J connectivity index is 1.84. The maximum Gasteiger partial charge on any atom is 0.338 e. The van der Waals surface area contributed by atoms with E-state index in [2.05, 4.69) is 0 Å². The van der Waals surface area contributed by atoms with Crippen molar-refractivity contribution < 1.29 is 86.0 Å². The van der Waals surface area contributed by atoms with E-state index in [0.29, 0.717) is 0 Å². The summed E-state index contributed by atoms with van der Waals surface area (Å²) >= 11 is 0. The lowest BCUT2D eigenvalue weighted by Gasteiger charge is -2.48. The normalized spacial score (nSPS) is 27.7. The fourth-order valence-corrected chi connectivity index (χ4v) is 5.64. The average Bonchev–Trinajstić information content (AvgIpc) is 3.11. The van der Waals surface area contributed by atoms with Crippen molar-refractivity contribution in [1.82, 2.24) is 0 Å². The van der Waals surface area contributed by atoms with Gasteiger partial charge in [-0.2, -0.15) is 0 Å². The minimum Gasteiger partial charge on any atom is -0.463 e. The number of ether oxygens (including phenoxy) is 10. The summed E-state index contributed by atoms with van der Waals surface area (Å²) in [4.78, 5) is 87.7. The average molecular weight is 761 g/mol. The van der Waals surface area contributed by atoms with E-state index in [-0.39, 0.29) is 11.1 Å². The standard InChI is InChI=1S/C36H40O18/c1-18(37)45-16-25-28(54-36-32(49-22(5)41)30(48-21(4)40)27(47-20(3)39)26(51-36)17-46-19(2)38)29(52-33(42)23-12-8-6-9-13-23)31(35(44)50-25)53-34(43)24-14-10-7-11-15-24/h6-15,25-32,35-36,44H,16-17H2,1-5H3/t25-,26-,27+,28+,29+,30+,31-,32-,35+,36-/m1/s1. The topological polar surface area (TPSA) is 232 Å². The maximum absolute atomic E-state index is 13.6. The first kappa shape index (κ1) is 41.3. The number of carbonyl (C=O) groups excluding carboxylic acids is 7. The van der Waals surface area contributed by atoms with Gasteiger partial charge in [-0.05, 0) is 24.3 Å². The number of carbonyl (C=O) groups is 7. The monoisotopic (exact) mass is 760 g/mol. The third-order valence-electron chi connectivity index (χ3n) is 7.80. The molecule has 18 nitrogen and oxygen atoms in total. The minimum atomic E-state index is -2.01. The third kappa shape index (κ3) is 11.3. The van der Waals surface area contributed by atoms with Crippen LogP contribution in [0.25, 0.3) is 0 Å². The van der Waals surface area contributed by atoms with Crippen LogP contribution in [0.4, 0.5) is 0 Å². The lowest BCUT2D eigenvalue weighted by Crippen LogP contribution is -2.67. The van der Waals surface area contributed by atoms with Crippen molar-refractivity contribution in [2.45, 2.75) is 96.0 Å². The predicted octanol–water partition coefficient (Wildman–Crippen LogP) is 1.19. The quantitative estimate of drug-likeness (QED) is 0.223. The molecule has 0 bridgehead atoms. The molecule has 0 aromatic heterocycles. The van der Waals surface area contributed by atoms with Crippen LogP contribution in [0.2, 0.25) is 0 Å². The van der Waals surface area contributed by atoms with E-state index in [9.17, 15) is 38.7 Å². The van der Waals surface area contributed by atoms with Gasteiger partial charge in [0.25, 0.3) is 0 Å². The van der Waals surface area contributed by atoms with Crippen molar-refractivity contribution in [1.29, 1.82) is 0 Å². The molecular weight excluding hydrogens is 720 g/mol. The van der Waals surface area contributed by atoms with Crippen LogP contribution in [0.5, 0.6) is 0 Å². The largest absolute Gasteiger partial charge is 0.463 e. The van der Waals surface area contributed by atoms with E-state index in [1.165, 1.54) is 24.3 Å². The van der Waals surface area contributed by atoms with Crippen LogP contribution in [0.15, 0.2) is 60.7 Å². The number of benzene rings is 2. The molecule has 2 aliphatic heterocycles. The number of aliphatic hydroxyl groups is 1. The summed E-state index contributed by atoms with van der Waals surface area (Å²) in [6.45, 7) is 4.03. The molecule has 2 aromatic carbocycles. The molecule has 2 fully saturated rings. The summed E-state index contributed by atoms with van der Waals surface area (Å²) in [5.41, 5.74) is 0.0890. The lowest BCUT2D eigenvalue weighted by molar-refractivity contribution is -0.355. The second kappa shape index (κ2) is 19.1. The third-order valence-corrected chi connectivity index (χ3v) is 7.80. The molecule has 1 N–H and O–H groups in total. The Morgan fingerprint density at radius 2 is 0.907 bits per heavy atom. The molecule has 0 amide bonds. The SMILES string of the molecule is CC(=O)OC[C@H]1O[C@H](O)[C@H](OC(=O)c2ccccc2)[C@@H](OC(=O)c2ccccc2)[C@H]1O[C@H]1O[C@H](COC(C)=O)[C@H](OC(C)=O)[C@H](OC(C)=O)[C@H]1OC(C)=O. The van der Waals surface area contributed by atoms with Gasteiger partial charge in [-0.3, -0.25) is 24.0 Å². The van der Waals surface area contributed by atoms with E-state index >= 15 is 0 Å². The molecule has 292 valence electrons. The Labute approximate surface area is 308 Å². The maximum atomic E-state index is 13.6. The van der Waals surface area contributed by atoms with E-state index in [1.807, 2.05) is 0 Å². The molecule has 0 saturated carbocycles. The molecule has 10 atom stereocenters. The first-order chi connectivity index (χ1) is 25.6. The number of aliphatic hydroxyl groups excluding tert-OH is 1. The van der Waals surface area contributed by atoms with Gasteiger partial charge in [0.2, 0.25) is 0 Å². The molecule has 54 heavy (non-hydrogen) atoms. The van der Waals surface area contributed by atoms with E-state index in [1.54, 1.807) is 36.4 Å². The summed E-state index contributed by atoms with van der Waals surface area (Å²) in [7, 11) is 0. The molecule has 2 saturated heterocycles. The van der Waals surface area contributed by atoms with Gasteiger partial charge in [0, 0.05) is 34.6 Å². The van der Waals surface area contributed by atoms with Crippen LogP contribution in [-0.4, -0.2) is 122 Å². The van der Waals surface area contributed by atoms with Gasteiger partial charge >= 0.3 is 41.8 Å². The van der Waals surface area contributed by atoms with E-state index < -0.39 is 116 Å². The summed E-state index contributed by atoms with van der Waals surface area (Å²) < 4.78 is 56.4. The molecule has 0 spiro atoms. The van der Waals surface area contributed by atoms with E-state index in [4.69, 9.17) is 47.4 Å². The highest BCUT2D eigenvalue weighted by Crippen LogP contribution is 2.35. The number of hydrogen-bond donors (Lipinski definition) is 1. The van der Waals surface area contributed by atoms with Crippen LogP contribution in [0, 0.1) is 0 Å². The van der Waals surface area contributed by atoms with Gasteiger partial charge in [-0.1, -0.05) is 36.4 Å². The molecule has 18 heteroatoms. The number of hydrogen-bond acceptors (Lipinski definition) is 18. The Kier molecular flexibility index (Phi) is 14.6. The molecule has 4 rings (SSSR count). The van der Waals surface area contributed by atoms with Crippen LogP contribution in [0.1, 0.15) is 55.3 Å². The van der Waals surface area contributed by atoms with Gasteiger partial charge in [-0.15, -0.1) is 0 Å². The highest BCUT2D eigenvalue weighted by Gasteiger charge is 2.57. The highest BCUT2D eigenvalue weighted by atomic mass is 16.8. The van der Waals surface area contributed by atoms with Crippen molar-refractivity contribution in [3.05, 3.63) is 71.8 Å².